The Morgan fingerprint density at radius 1 is 1.33 bits per heavy atom. The molecule has 0 spiro atoms. The zero-order valence-electron chi connectivity index (χ0n) is 10.9. The summed E-state index contributed by atoms with van der Waals surface area (Å²) in [6.07, 6.45) is 2.96. The normalized spacial score (nSPS) is 10.1. The lowest BCUT2D eigenvalue weighted by Crippen LogP contribution is -2.05. The number of nitro benzene ring substituents is 1. The number of nitro groups is 1. The van der Waals surface area contributed by atoms with Crippen LogP contribution in [-0.2, 0) is 6.42 Å². The Bertz CT molecular complexity index is 672. The lowest BCUT2D eigenvalue weighted by atomic mass is 10.1. The molecule has 0 unspecified atom stereocenters. The highest BCUT2D eigenvalue weighted by Gasteiger charge is 2.12. The Labute approximate surface area is 120 Å². The maximum absolute atomic E-state index is 10.9. The smallest absolute Gasteiger partial charge is 0.337 e. The van der Waals surface area contributed by atoms with Gasteiger partial charge in [0.05, 0.1) is 23.3 Å². The first-order chi connectivity index (χ1) is 10.1. The van der Waals surface area contributed by atoms with E-state index in [-0.39, 0.29) is 17.9 Å². The van der Waals surface area contributed by atoms with Crippen molar-refractivity contribution >= 4 is 11.7 Å². The molecule has 108 valence electrons. The van der Waals surface area contributed by atoms with Gasteiger partial charge in [-0.05, 0) is 6.07 Å². The van der Waals surface area contributed by atoms with Gasteiger partial charge in [-0.1, -0.05) is 18.2 Å². The summed E-state index contributed by atoms with van der Waals surface area (Å²) in [6, 6.07) is 7.77. The third-order valence-electron chi connectivity index (χ3n) is 2.79. The van der Waals surface area contributed by atoms with E-state index in [4.69, 9.17) is 9.84 Å². The van der Waals surface area contributed by atoms with Crippen LogP contribution in [0.15, 0.2) is 42.7 Å². The summed E-state index contributed by atoms with van der Waals surface area (Å²) >= 11 is 0. The molecule has 7 heteroatoms. The summed E-state index contributed by atoms with van der Waals surface area (Å²) in [5, 5.41) is 19.7. The summed E-state index contributed by atoms with van der Waals surface area (Å²) < 4.78 is 5.39. The van der Waals surface area contributed by atoms with Gasteiger partial charge in [-0.15, -0.1) is 0 Å². The van der Waals surface area contributed by atoms with E-state index in [0.29, 0.717) is 17.7 Å². The number of pyridine rings is 1. The van der Waals surface area contributed by atoms with Crippen molar-refractivity contribution < 1.29 is 19.6 Å². The van der Waals surface area contributed by atoms with Crippen LogP contribution in [0.5, 0.6) is 5.75 Å². The fourth-order valence-corrected chi connectivity index (χ4v) is 1.79. The summed E-state index contributed by atoms with van der Waals surface area (Å²) in [7, 11) is 0. The molecule has 1 aromatic heterocycles. The summed E-state index contributed by atoms with van der Waals surface area (Å²) in [6.45, 7) is 0.190. The standard InChI is InChI=1S/C14H12N2O5/c17-14(18)11-7-12(9-15-8-11)21-6-5-10-3-1-2-4-13(10)16(19)20/h1-4,7-9H,5-6H2,(H,17,18). The van der Waals surface area contributed by atoms with E-state index in [1.54, 1.807) is 18.2 Å². The second-order valence-electron chi connectivity index (χ2n) is 4.20. The van der Waals surface area contributed by atoms with Crippen LogP contribution in [-0.4, -0.2) is 27.6 Å². The number of aromatic carboxylic acids is 1. The number of carboxylic acid groups (broad SMARTS) is 1. The van der Waals surface area contributed by atoms with Crippen molar-refractivity contribution in [3.8, 4) is 5.75 Å². The Morgan fingerprint density at radius 3 is 2.81 bits per heavy atom. The molecule has 0 aliphatic carbocycles. The van der Waals surface area contributed by atoms with Crippen molar-refractivity contribution in [2.45, 2.75) is 6.42 Å². The molecule has 7 nitrogen and oxygen atoms in total. The molecule has 2 rings (SSSR count). The molecule has 2 aromatic rings. The van der Waals surface area contributed by atoms with Crippen LogP contribution in [0.3, 0.4) is 0 Å². The number of rotatable bonds is 6. The van der Waals surface area contributed by atoms with E-state index in [1.807, 2.05) is 0 Å². The lowest BCUT2D eigenvalue weighted by Gasteiger charge is -2.06. The van der Waals surface area contributed by atoms with Crippen LogP contribution in [0.1, 0.15) is 15.9 Å². The molecular weight excluding hydrogens is 276 g/mol. The molecule has 21 heavy (non-hydrogen) atoms. The minimum Gasteiger partial charge on any atom is -0.492 e. The van der Waals surface area contributed by atoms with Gasteiger partial charge in [0.25, 0.3) is 5.69 Å². The van der Waals surface area contributed by atoms with Crippen molar-refractivity contribution in [3.05, 3.63) is 64.0 Å². The Kier molecular flexibility index (Phi) is 4.45. The SMILES string of the molecule is O=C(O)c1cncc(OCCc2ccccc2[N+](=O)[O-])c1. The van der Waals surface area contributed by atoms with Gasteiger partial charge in [0.1, 0.15) is 5.75 Å². The molecule has 0 saturated heterocycles. The number of para-hydroxylation sites is 1. The molecule has 0 amide bonds. The van der Waals surface area contributed by atoms with Crippen LogP contribution < -0.4 is 4.74 Å². The molecule has 0 aliphatic rings. The van der Waals surface area contributed by atoms with Crippen LogP contribution in [0.4, 0.5) is 5.69 Å². The predicted octanol–water partition coefficient (Wildman–Crippen LogP) is 2.31. The highest BCUT2D eigenvalue weighted by atomic mass is 16.6. The topological polar surface area (TPSA) is 103 Å². The van der Waals surface area contributed by atoms with Gasteiger partial charge in [0.2, 0.25) is 0 Å². The van der Waals surface area contributed by atoms with Crippen LogP contribution >= 0.6 is 0 Å². The fraction of sp³-hybridized carbons (Fsp3) is 0.143. The minimum atomic E-state index is -1.09. The highest BCUT2D eigenvalue weighted by Crippen LogP contribution is 2.19. The number of carboxylic acids is 1. The van der Waals surface area contributed by atoms with Crippen LogP contribution in [0, 0.1) is 10.1 Å². The average Bonchev–Trinajstić information content (AvgIpc) is 2.48. The Hall–Kier alpha value is -2.96. The van der Waals surface area contributed by atoms with E-state index in [9.17, 15) is 14.9 Å². The van der Waals surface area contributed by atoms with Crippen molar-refractivity contribution in [1.29, 1.82) is 0 Å². The zero-order chi connectivity index (χ0) is 15.2. The van der Waals surface area contributed by atoms with Crippen molar-refractivity contribution in [1.82, 2.24) is 4.98 Å². The largest absolute Gasteiger partial charge is 0.492 e. The van der Waals surface area contributed by atoms with Gasteiger partial charge < -0.3 is 9.84 Å². The molecule has 0 atom stereocenters. The lowest BCUT2D eigenvalue weighted by molar-refractivity contribution is -0.385. The summed E-state index contributed by atoms with van der Waals surface area (Å²) in [5.74, 6) is -0.778. The minimum absolute atomic E-state index is 0.0261. The third kappa shape index (κ3) is 3.75. The van der Waals surface area contributed by atoms with Gasteiger partial charge in [0, 0.05) is 24.2 Å². The molecule has 0 bridgehead atoms. The number of nitrogens with zero attached hydrogens (tertiary/aromatic N) is 2. The first-order valence-corrected chi connectivity index (χ1v) is 6.11. The van der Waals surface area contributed by atoms with E-state index in [2.05, 4.69) is 4.98 Å². The first-order valence-electron chi connectivity index (χ1n) is 6.11. The number of carbonyl (C=O) groups is 1. The average molecular weight is 288 g/mol. The van der Waals surface area contributed by atoms with Crippen molar-refractivity contribution in [2.24, 2.45) is 0 Å². The summed E-state index contributed by atoms with van der Waals surface area (Å²) in [5.41, 5.74) is 0.626. The Morgan fingerprint density at radius 2 is 2.10 bits per heavy atom. The Balaban J connectivity index is 2.00. The quantitative estimate of drug-likeness (QED) is 0.646. The van der Waals surface area contributed by atoms with E-state index in [0.717, 1.165) is 0 Å². The molecule has 1 aromatic carbocycles. The molecule has 0 saturated carbocycles. The molecular formula is C14H12N2O5. The van der Waals surface area contributed by atoms with Gasteiger partial charge in [-0.25, -0.2) is 4.79 Å². The molecule has 0 aliphatic heterocycles. The molecule has 0 fully saturated rings. The van der Waals surface area contributed by atoms with Gasteiger partial charge in [-0.3, -0.25) is 15.1 Å². The van der Waals surface area contributed by atoms with E-state index < -0.39 is 10.9 Å². The second-order valence-corrected chi connectivity index (χ2v) is 4.20. The number of hydrogen-bond donors (Lipinski definition) is 1. The van der Waals surface area contributed by atoms with Gasteiger partial charge in [0.15, 0.2) is 0 Å². The number of aromatic nitrogens is 1. The van der Waals surface area contributed by atoms with Crippen LogP contribution in [0.2, 0.25) is 0 Å². The third-order valence-corrected chi connectivity index (χ3v) is 2.79. The molecule has 1 heterocycles. The predicted molar refractivity (Wildman–Crippen MR) is 73.5 cm³/mol. The van der Waals surface area contributed by atoms with Crippen molar-refractivity contribution in [3.63, 3.8) is 0 Å². The second kappa shape index (κ2) is 6.47. The van der Waals surface area contributed by atoms with Gasteiger partial charge in [-0.2, -0.15) is 0 Å². The van der Waals surface area contributed by atoms with Gasteiger partial charge >= 0.3 is 5.97 Å². The maximum Gasteiger partial charge on any atom is 0.337 e. The number of benzene rings is 1. The number of hydrogen-bond acceptors (Lipinski definition) is 5. The fourth-order valence-electron chi connectivity index (χ4n) is 1.79. The maximum atomic E-state index is 10.9. The number of ether oxygens (including phenoxy) is 1. The molecule has 0 radical (unpaired) electrons. The van der Waals surface area contributed by atoms with E-state index in [1.165, 1.54) is 24.5 Å². The highest BCUT2D eigenvalue weighted by molar-refractivity contribution is 5.87. The monoisotopic (exact) mass is 288 g/mol. The summed E-state index contributed by atoms with van der Waals surface area (Å²) in [4.78, 5) is 25.0. The van der Waals surface area contributed by atoms with Crippen molar-refractivity contribution in [2.75, 3.05) is 6.61 Å². The molecule has 1 N–H and O–H groups in total. The van der Waals surface area contributed by atoms with E-state index >= 15 is 0 Å². The first kappa shape index (κ1) is 14.4. The van der Waals surface area contributed by atoms with Crippen LogP contribution in [0.25, 0.3) is 0 Å². The zero-order valence-corrected chi connectivity index (χ0v) is 10.9.